The van der Waals surface area contributed by atoms with E-state index in [4.69, 9.17) is 0 Å². The van der Waals surface area contributed by atoms with Gasteiger partial charge in [0.2, 0.25) is 0 Å². The van der Waals surface area contributed by atoms with E-state index in [2.05, 4.69) is 41.5 Å². The Morgan fingerprint density at radius 3 is 3.00 bits per heavy atom. The number of nitrogens with one attached hydrogen (secondary N) is 1. The summed E-state index contributed by atoms with van der Waals surface area (Å²) in [5, 5.41) is 6.06. The molecule has 2 aromatic rings. The number of aromatic nitrogens is 1. The Labute approximate surface area is 108 Å². The quantitative estimate of drug-likeness (QED) is 0.866. The molecule has 1 heterocycles. The van der Waals surface area contributed by atoms with Gasteiger partial charge in [-0.2, -0.15) is 0 Å². The molecular weight excluding hydrogens is 220 g/mol. The van der Waals surface area contributed by atoms with Crippen LogP contribution in [0.1, 0.15) is 25.3 Å². The highest BCUT2D eigenvalue weighted by atomic mass is 14.9. The highest BCUT2D eigenvalue weighted by Crippen LogP contribution is 2.36. The maximum Gasteiger partial charge on any atom is 0.0346 e. The van der Waals surface area contributed by atoms with Crippen LogP contribution in [0, 0.1) is 11.8 Å². The van der Waals surface area contributed by atoms with E-state index in [9.17, 15) is 0 Å². The van der Waals surface area contributed by atoms with Gasteiger partial charge in [0.25, 0.3) is 0 Å². The molecule has 0 saturated heterocycles. The average molecular weight is 240 g/mol. The summed E-state index contributed by atoms with van der Waals surface area (Å²) >= 11 is 0. The van der Waals surface area contributed by atoms with Crippen molar-refractivity contribution in [2.24, 2.45) is 11.8 Å². The lowest BCUT2D eigenvalue weighted by molar-refractivity contribution is 0.462. The van der Waals surface area contributed by atoms with Crippen LogP contribution in [0.4, 0.5) is 0 Å². The Balaban J connectivity index is 1.60. The van der Waals surface area contributed by atoms with E-state index >= 15 is 0 Å². The molecule has 1 unspecified atom stereocenters. The number of hydrogen-bond acceptors (Lipinski definition) is 2. The summed E-state index contributed by atoms with van der Waals surface area (Å²) < 4.78 is 0. The Hall–Kier alpha value is -1.41. The molecule has 0 bridgehead atoms. The third kappa shape index (κ3) is 2.70. The van der Waals surface area contributed by atoms with Crippen LogP contribution in [0.3, 0.4) is 0 Å². The van der Waals surface area contributed by atoms with Gasteiger partial charge in [-0.3, -0.25) is 4.98 Å². The molecule has 1 aromatic heterocycles. The maximum atomic E-state index is 4.14. The second-order valence-electron chi connectivity index (χ2n) is 5.50. The van der Waals surface area contributed by atoms with E-state index in [-0.39, 0.29) is 0 Å². The molecule has 1 atom stereocenters. The Morgan fingerprint density at radius 1 is 1.28 bits per heavy atom. The second-order valence-corrected chi connectivity index (χ2v) is 5.50. The lowest BCUT2D eigenvalue weighted by atomic mass is 10.1. The van der Waals surface area contributed by atoms with Crippen LogP contribution >= 0.6 is 0 Å². The molecule has 3 rings (SSSR count). The molecule has 18 heavy (non-hydrogen) atoms. The van der Waals surface area contributed by atoms with Crippen molar-refractivity contribution < 1.29 is 0 Å². The summed E-state index contributed by atoms with van der Waals surface area (Å²) in [5.41, 5.74) is 1.36. The van der Waals surface area contributed by atoms with Gasteiger partial charge < -0.3 is 5.32 Å². The van der Waals surface area contributed by atoms with Gasteiger partial charge in [0, 0.05) is 24.3 Å². The van der Waals surface area contributed by atoms with Crippen LogP contribution in [-0.2, 0) is 6.54 Å². The fourth-order valence-electron chi connectivity index (χ4n) is 2.52. The molecule has 1 aliphatic carbocycles. The van der Waals surface area contributed by atoms with Crippen LogP contribution in [-0.4, -0.2) is 11.5 Å². The predicted octanol–water partition coefficient (Wildman–Crippen LogP) is 3.37. The maximum absolute atomic E-state index is 4.14. The highest BCUT2D eigenvalue weighted by molar-refractivity contribution is 5.81. The molecule has 1 aromatic carbocycles. The van der Waals surface area contributed by atoms with Crippen molar-refractivity contribution in [3.63, 3.8) is 0 Å². The zero-order valence-corrected chi connectivity index (χ0v) is 10.9. The van der Waals surface area contributed by atoms with Crippen LogP contribution < -0.4 is 5.32 Å². The molecule has 1 fully saturated rings. The van der Waals surface area contributed by atoms with Crippen molar-refractivity contribution in [2.45, 2.75) is 26.3 Å². The van der Waals surface area contributed by atoms with E-state index < -0.39 is 0 Å². The highest BCUT2D eigenvalue weighted by Gasteiger charge is 2.27. The lowest BCUT2D eigenvalue weighted by Crippen LogP contribution is -2.21. The standard InChI is InChI=1S/C16H20N2/c1-12(14-4-5-14)9-18-10-13-2-3-16-11-17-7-6-15(16)8-13/h2-3,6-8,11-12,14,18H,4-5,9-10H2,1H3. The minimum atomic E-state index is 0.828. The van der Waals surface area contributed by atoms with E-state index in [0.717, 1.165) is 24.9 Å². The Kier molecular flexibility index (Phi) is 3.28. The first-order valence-electron chi connectivity index (χ1n) is 6.86. The van der Waals surface area contributed by atoms with Gasteiger partial charge in [-0.25, -0.2) is 0 Å². The van der Waals surface area contributed by atoms with Crippen LogP contribution in [0.2, 0.25) is 0 Å². The van der Waals surface area contributed by atoms with Crippen LogP contribution in [0.25, 0.3) is 10.8 Å². The molecule has 1 aliphatic rings. The van der Waals surface area contributed by atoms with Gasteiger partial charge in [-0.1, -0.05) is 19.1 Å². The van der Waals surface area contributed by atoms with Gasteiger partial charge in [0.15, 0.2) is 0 Å². The van der Waals surface area contributed by atoms with E-state index in [0.29, 0.717) is 0 Å². The van der Waals surface area contributed by atoms with E-state index in [1.54, 1.807) is 0 Å². The third-order valence-corrected chi connectivity index (χ3v) is 3.93. The molecule has 0 aliphatic heterocycles. The summed E-state index contributed by atoms with van der Waals surface area (Å²) in [4.78, 5) is 4.14. The number of fused-ring (bicyclic) bond motifs is 1. The molecular formula is C16H20N2. The molecule has 2 nitrogen and oxygen atoms in total. The fraction of sp³-hybridized carbons (Fsp3) is 0.438. The smallest absolute Gasteiger partial charge is 0.0346 e. The van der Waals surface area contributed by atoms with Gasteiger partial charge >= 0.3 is 0 Å². The normalized spacial score (nSPS) is 16.9. The first-order chi connectivity index (χ1) is 8.83. The minimum Gasteiger partial charge on any atom is -0.312 e. The number of hydrogen-bond donors (Lipinski definition) is 1. The zero-order chi connectivity index (χ0) is 12.4. The van der Waals surface area contributed by atoms with Crippen molar-refractivity contribution in [3.05, 3.63) is 42.2 Å². The third-order valence-electron chi connectivity index (χ3n) is 3.93. The molecule has 0 amide bonds. The predicted molar refractivity (Wildman–Crippen MR) is 75.3 cm³/mol. The molecule has 1 N–H and O–H groups in total. The number of rotatable bonds is 5. The number of benzene rings is 1. The number of nitrogens with zero attached hydrogens (tertiary/aromatic N) is 1. The second kappa shape index (κ2) is 5.07. The van der Waals surface area contributed by atoms with Gasteiger partial charge in [0.05, 0.1) is 0 Å². The molecule has 2 heteroatoms. The van der Waals surface area contributed by atoms with E-state index in [1.807, 2.05) is 12.4 Å². The van der Waals surface area contributed by atoms with Crippen molar-refractivity contribution in [1.29, 1.82) is 0 Å². The van der Waals surface area contributed by atoms with Crippen molar-refractivity contribution >= 4 is 10.8 Å². The SMILES string of the molecule is CC(CNCc1ccc2cnccc2c1)C1CC1. The van der Waals surface area contributed by atoms with Gasteiger partial charge in [-0.15, -0.1) is 0 Å². The average Bonchev–Trinajstić information content (AvgIpc) is 3.23. The fourth-order valence-corrected chi connectivity index (χ4v) is 2.52. The molecule has 94 valence electrons. The molecule has 1 saturated carbocycles. The van der Waals surface area contributed by atoms with E-state index in [1.165, 1.54) is 29.2 Å². The van der Waals surface area contributed by atoms with Gasteiger partial charge in [-0.05, 0) is 54.3 Å². The largest absolute Gasteiger partial charge is 0.312 e. The lowest BCUT2D eigenvalue weighted by Gasteiger charge is -2.11. The topological polar surface area (TPSA) is 24.9 Å². The summed E-state index contributed by atoms with van der Waals surface area (Å²) in [5.74, 6) is 1.81. The Morgan fingerprint density at radius 2 is 2.17 bits per heavy atom. The summed E-state index contributed by atoms with van der Waals surface area (Å²) in [6.45, 7) is 4.46. The van der Waals surface area contributed by atoms with Crippen LogP contribution in [0.5, 0.6) is 0 Å². The van der Waals surface area contributed by atoms with Crippen molar-refractivity contribution in [3.8, 4) is 0 Å². The monoisotopic (exact) mass is 240 g/mol. The molecule has 0 spiro atoms. The Bertz CT molecular complexity index is 531. The minimum absolute atomic E-state index is 0.828. The summed E-state index contributed by atoms with van der Waals surface area (Å²) in [6.07, 6.45) is 6.65. The zero-order valence-electron chi connectivity index (χ0n) is 10.9. The van der Waals surface area contributed by atoms with Crippen molar-refractivity contribution in [1.82, 2.24) is 10.3 Å². The van der Waals surface area contributed by atoms with Crippen molar-refractivity contribution in [2.75, 3.05) is 6.54 Å². The van der Waals surface area contributed by atoms with Gasteiger partial charge in [0.1, 0.15) is 0 Å². The summed E-state index contributed by atoms with van der Waals surface area (Å²) in [6, 6.07) is 8.68. The first kappa shape index (κ1) is 11.7. The van der Waals surface area contributed by atoms with Crippen LogP contribution in [0.15, 0.2) is 36.7 Å². The first-order valence-corrected chi connectivity index (χ1v) is 6.86. The summed E-state index contributed by atoms with van der Waals surface area (Å²) in [7, 11) is 0. The molecule has 0 radical (unpaired) electrons. The number of pyridine rings is 1.